The van der Waals surface area contributed by atoms with E-state index in [1.165, 1.54) is 22.7 Å². The van der Waals surface area contributed by atoms with Crippen LogP contribution < -0.4 is 10.5 Å². The molecule has 1 amide bonds. The van der Waals surface area contributed by atoms with Crippen molar-refractivity contribution in [3.63, 3.8) is 0 Å². The number of anilines is 1. The second-order valence-corrected chi connectivity index (χ2v) is 7.31. The van der Waals surface area contributed by atoms with E-state index in [9.17, 15) is 14.0 Å². The number of aromatic nitrogens is 4. The molecule has 0 bridgehead atoms. The van der Waals surface area contributed by atoms with Crippen molar-refractivity contribution in [3.05, 3.63) is 93.9 Å². The topological polar surface area (TPSA) is 83.4 Å². The van der Waals surface area contributed by atoms with E-state index in [4.69, 9.17) is 0 Å². The lowest BCUT2D eigenvalue weighted by molar-refractivity contribution is -0.120. The molecule has 4 rings (SSSR count). The Labute approximate surface area is 178 Å². The van der Waals surface area contributed by atoms with Gasteiger partial charge in [0.15, 0.2) is 0 Å². The number of benzene rings is 2. The molecular weight excluding hydrogens is 397 g/mol. The van der Waals surface area contributed by atoms with Crippen LogP contribution in [0.4, 0.5) is 10.1 Å². The predicted octanol–water partition coefficient (Wildman–Crippen LogP) is 3.59. The van der Waals surface area contributed by atoms with Crippen LogP contribution in [0.5, 0.6) is 0 Å². The van der Waals surface area contributed by atoms with Gasteiger partial charge in [-0.3, -0.25) is 14.7 Å². The summed E-state index contributed by atoms with van der Waals surface area (Å²) in [6, 6.07) is 16.7. The minimum atomic E-state index is -0.388. The monoisotopic (exact) mass is 419 g/mol. The average molecular weight is 419 g/mol. The Morgan fingerprint density at radius 1 is 1.13 bits per heavy atom. The molecule has 1 N–H and O–H groups in total. The number of rotatable bonds is 6. The molecule has 2 aromatic heterocycles. The third-order valence-electron chi connectivity index (χ3n) is 5.13. The van der Waals surface area contributed by atoms with Crippen LogP contribution >= 0.6 is 0 Å². The average Bonchev–Trinajstić information content (AvgIpc) is 3.17. The van der Waals surface area contributed by atoms with Gasteiger partial charge >= 0.3 is 0 Å². The lowest BCUT2D eigenvalue weighted by Gasteiger charge is -2.26. The lowest BCUT2D eigenvalue weighted by atomic mass is 9.94. The van der Waals surface area contributed by atoms with E-state index in [0.717, 1.165) is 5.56 Å². The van der Waals surface area contributed by atoms with Crippen molar-refractivity contribution < 1.29 is 9.18 Å². The summed E-state index contributed by atoms with van der Waals surface area (Å²) in [5.41, 5.74) is 1.72. The molecule has 1 atom stereocenters. The number of halogens is 1. The molecule has 0 fully saturated rings. The number of nitrogens with zero attached hydrogens (tertiary/aromatic N) is 4. The van der Waals surface area contributed by atoms with Gasteiger partial charge in [0.2, 0.25) is 5.91 Å². The van der Waals surface area contributed by atoms with E-state index in [-0.39, 0.29) is 35.5 Å². The van der Waals surface area contributed by atoms with Crippen molar-refractivity contribution in [2.24, 2.45) is 0 Å². The first-order valence-corrected chi connectivity index (χ1v) is 10.0. The number of aromatic amines is 1. The molecule has 0 aliphatic rings. The minimum Gasteiger partial charge on any atom is -0.304 e. The standard InChI is InChI=1S/C23H22FN5O2/c1-3-19(16-7-5-4-6-8-16)22(31)28(18-11-9-17(24)10-12-18)14-20-26-23-25-15(2)13-21(30)29(23)27-20/h4-13,19H,3,14H2,1-2H3,(H,25,26,27)/t19-/m1/s1. The first-order valence-electron chi connectivity index (χ1n) is 10.0. The second kappa shape index (κ2) is 8.51. The SMILES string of the molecule is CC[C@@H](C(=O)N(Cc1nc2nc(C)cc(=O)n2[nH]1)c1ccc(F)cc1)c1ccccc1. The Hall–Kier alpha value is -3.81. The van der Waals surface area contributed by atoms with Crippen LogP contribution in [0.25, 0.3) is 5.78 Å². The van der Waals surface area contributed by atoms with E-state index in [2.05, 4.69) is 15.1 Å². The molecule has 158 valence electrons. The summed E-state index contributed by atoms with van der Waals surface area (Å²) in [6.45, 7) is 3.75. The van der Waals surface area contributed by atoms with Crippen molar-refractivity contribution >= 4 is 17.4 Å². The van der Waals surface area contributed by atoms with Gasteiger partial charge in [-0.1, -0.05) is 37.3 Å². The lowest BCUT2D eigenvalue weighted by Crippen LogP contribution is -2.35. The minimum absolute atomic E-state index is 0.0790. The smallest absolute Gasteiger partial charge is 0.274 e. The molecule has 0 saturated heterocycles. The van der Waals surface area contributed by atoms with E-state index >= 15 is 0 Å². The van der Waals surface area contributed by atoms with Gasteiger partial charge in [-0.05, 0) is 43.2 Å². The van der Waals surface area contributed by atoms with Crippen molar-refractivity contribution in [1.29, 1.82) is 0 Å². The Morgan fingerprint density at radius 2 is 1.84 bits per heavy atom. The van der Waals surface area contributed by atoms with Crippen LogP contribution in [0.3, 0.4) is 0 Å². The summed E-state index contributed by atoms with van der Waals surface area (Å²) >= 11 is 0. The van der Waals surface area contributed by atoms with Gasteiger partial charge in [-0.15, -0.1) is 0 Å². The molecule has 0 aliphatic carbocycles. The normalized spacial score (nSPS) is 12.1. The van der Waals surface area contributed by atoms with Gasteiger partial charge in [0, 0.05) is 17.4 Å². The quantitative estimate of drug-likeness (QED) is 0.518. The van der Waals surface area contributed by atoms with Crippen molar-refractivity contribution in [1.82, 2.24) is 19.6 Å². The van der Waals surface area contributed by atoms with Crippen molar-refractivity contribution in [2.45, 2.75) is 32.7 Å². The van der Waals surface area contributed by atoms with Gasteiger partial charge < -0.3 is 4.90 Å². The van der Waals surface area contributed by atoms with Crippen LogP contribution in [0.2, 0.25) is 0 Å². The van der Waals surface area contributed by atoms with Crippen LogP contribution in [-0.2, 0) is 11.3 Å². The van der Waals surface area contributed by atoms with Gasteiger partial charge in [-0.2, -0.15) is 9.50 Å². The Kier molecular flexibility index (Phi) is 5.62. The molecule has 0 aliphatic heterocycles. The molecule has 7 nitrogen and oxygen atoms in total. The van der Waals surface area contributed by atoms with Crippen LogP contribution in [0.15, 0.2) is 65.5 Å². The first-order chi connectivity index (χ1) is 15.0. The maximum Gasteiger partial charge on any atom is 0.274 e. The number of carbonyl (C=O) groups is 1. The summed E-state index contributed by atoms with van der Waals surface area (Å²) in [7, 11) is 0. The Balaban J connectivity index is 1.74. The highest BCUT2D eigenvalue weighted by Gasteiger charge is 2.27. The van der Waals surface area contributed by atoms with Crippen LogP contribution in [-0.4, -0.2) is 25.5 Å². The molecule has 0 spiro atoms. The summed E-state index contributed by atoms with van der Waals surface area (Å²) in [6.07, 6.45) is 0.598. The fourth-order valence-electron chi connectivity index (χ4n) is 3.60. The number of hydrogen-bond acceptors (Lipinski definition) is 4. The number of aryl methyl sites for hydroxylation is 1. The molecule has 8 heteroatoms. The second-order valence-electron chi connectivity index (χ2n) is 7.31. The number of carbonyl (C=O) groups excluding carboxylic acids is 1. The molecule has 2 heterocycles. The Morgan fingerprint density at radius 3 is 2.52 bits per heavy atom. The number of H-pyrrole nitrogens is 1. The van der Waals surface area contributed by atoms with Gasteiger partial charge in [0.05, 0.1) is 12.5 Å². The first kappa shape index (κ1) is 20.5. The van der Waals surface area contributed by atoms with E-state index in [1.54, 1.807) is 24.0 Å². The van der Waals surface area contributed by atoms with Crippen LogP contribution in [0, 0.1) is 12.7 Å². The summed E-state index contributed by atoms with van der Waals surface area (Å²) in [5, 5.41) is 2.92. The fourth-order valence-corrected chi connectivity index (χ4v) is 3.60. The number of fused-ring (bicyclic) bond motifs is 1. The molecule has 0 unspecified atom stereocenters. The highest BCUT2D eigenvalue weighted by atomic mass is 19.1. The largest absolute Gasteiger partial charge is 0.304 e. The number of hydrogen-bond donors (Lipinski definition) is 1. The fraction of sp³-hybridized carbons (Fsp3) is 0.217. The molecular formula is C23H22FN5O2. The van der Waals surface area contributed by atoms with Crippen LogP contribution in [0.1, 0.15) is 36.3 Å². The highest BCUT2D eigenvalue weighted by molar-refractivity contribution is 5.97. The third kappa shape index (κ3) is 4.23. The zero-order valence-electron chi connectivity index (χ0n) is 17.2. The molecule has 31 heavy (non-hydrogen) atoms. The summed E-state index contributed by atoms with van der Waals surface area (Å²) in [5.74, 6) is -0.269. The summed E-state index contributed by atoms with van der Waals surface area (Å²) in [4.78, 5) is 36.0. The van der Waals surface area contributed by atoms with Crippen molar-refractivity contribution in [3.8, 4) is 0 Å². The van der Waals surface area contributed by atoms with E-state index in [1.807, 2.05) is 37.3 Å². The zero-order valence-corrected chi connectivity index (χ0v) is 17.2. The predicted molar refractivity (Wildman–Crippen MR) is 115 cm³/mol. The maximum absolute atomic E-state index is 13.6. The van der Waals surface area contributed by atoms with Gasteiger partial charge in [0.1, 0.15) is 11.6 Å². The molecule has 2 aromatic carbocycles. The van der Waals surface area contributed by atoms with Gasteiger partial charge in [0.25, 0.3) is 11.3 Å². The third-order valence-corrected chi connectivity index (χ3v) is 5.13. The molecule has 0 radical (unpaired) electrons. The summed E-state index contributed by atoms with van der Waals surface area (Å²) < 4.78 is 14.8. The highest BCUT2D eigenvalue weighted by Crippen LogP contribution is 2.27. The van der Waals surface area contributed by atoms with Crippen molar-refractivity contribution in [2.75, 3.05) is 4.90 Å². The molecule has 4 aromatic rings. The Bertz CT molecular complexity index is 1260. The molecule has 0 saturated carbocycles. The zero-order chi connectivity index (χ0) is 22.0. The number of nitrogens with one attached hydrogen (secondary N) is 1. The van der Waals surface area contributed by atoms with Gasteiger partial charge in [-0.25, -0.2) is 9.37 Å². The number of amides is 1. The maximum atomic E-state index is 13.6. The van der Waals surface area contributed by atoms with E-state index in [0.29, 0.717) is 23.6 Å². The van der Waals surface area contributed by atoms with E-state index < -0.39 is 0 Å².